The fourth-order valence-electron chi connectivity index (χ4n) is 1.85. The molecule has 1 aromatic carbocycles. The molecule has 3 N–H and O–H groups in total. The van der Waals surface area contributed by atoms with Gasteiger partial charge in [-0.1, -0.05) is 29.5 Å². The van der Waals surface area contributed by atoms with Crippen LogP contribution >= 0.6 is 0 Å². The van der Waals surface area contributed by atoms with E-state index in [9.17, 15) is 0 Å². The molecule has 0 amide bonds. The van der Waals surface area contributed by atoms with Gasteiger partial charge in [0.05, 0.1) is 6.20 Å². The van der Waals surface area contributed by atoms with Crippen LogP contribution in [0.4, 0.5) is 5.82 Å². The summed E-state index contributed by atoms with van der Waals surface area (Å²) in [6.07, 6.45) is 1.74. The molecule has 0 radical (unpaired) electrons. The van der Waals surface area contributed by atoms with Gasteiger partial charge in [-0.25, -0.2) is 4.68 Å². The van der Waals surface area contributed by atoms with Crippen molar-refractivity contribution in [3.63, 3.8) is 0 Å². The lowest BCUT2D eigenvalue weighted by Crippen LogP contribution is -2.11. The Kier molecular flexibility index (Phi) is 3.94. The number of aryl methyl sites for hydroxylation is 1. The first-order valence-electron chi connectivity index (χ1n) is 6.18. The standard InChI is InChI=1S/C13H19N5/c1-3-18-13(9-15-17-18)16-10(2)12-6-4-11(8-14)5-7-12/h4-7,9-10,16H,3,8,14H2,1-2H3. The highest BCUT2D eigenvalue weighted by Crippen LogP contribution is 2.18. The molecule has 2 rings (SSSR count). The van der Waals surface area contributed by atoms with Gasteiger partial charge in [0.1, 0.15) is 5.82 Å². The normalized spacial score (nSPS) is 12.4. The zero-order valence-corrected chi connectivity index (χ0v) is 10.8. The van der Waals surface area contributed by atoms with E-state index in [2.05, 4.69) is 46.8 Å². The van der Waals surface area contributed by atoms with Gasteiger partial charge in [-0.2, -0.15) is 0 Å². The number of anilines is 1. The number of aromatic nitrogens is 3. The van der Waals surface area contributed by atoms with Gasteiger partial charge in [0.15, 0.2) is 0 Å². The number of nitrogens with two attached hydrogens (primary N) is 1. The first-order valence-corrected chi connectivity index (χ1v) is 6.18. The van der Waals surface area contributed by atoms with Crippen LogP contribution in [0.1, 0.15) is 31.0 Å². The van der Waals surface area contributed by atoms with E-state index in [-0.39, 0.29) is 6.04 Å². The average Bonchev–Trinajstić information content (AvgIpc) is 2.86. The molecule has 0 bridgehead atoms. The summed E-state index contributed by atoms with van der Waals surface area (Å²) in [5.41, 5.74) is 7.95. The minimum atomic E-state index is 0.209. The molecule has 18 heavy (non-hydrogen) atoms. The van der Waals surface area contributed by atoms with E-state index >= 15 is 0 Å². The molecule has 0 saturated heterocycles. The quantitative estimate of drug-likeness (QED) is 0.844. The van der Waals surface area contributed by atoms with Crippen molar-refractivity contribution in [2.45, 2.75) is 33.0 Å². The average molecular weight is 245 g/mol. The Bertz CT molecular complexity index is 488. The first-order chi connectivity index (χ1) is 8.74. The second-order valence-electron chi connectivity index (χ2n) is 4.25. The molecule has 2 aromatic rings. The largest absolute Gasteiger partial charge is 0.362 e. The Morgan fingerprint density at radius 2 is 2.06 bits per heavy atom. The number of hydrogen-bond acceptors (Lipinski definition) is 4. The molecule has 1 heterocycles. The van der Waals surface area contributed by atoms with Crippen LogP contribution in [0, 0.1) is 0 Å². The minimum absolute atomic E-state index is 0.209. The summed E-state index contributed by atoms with van der Waals surface area (Å²) in [5.74, 6) is 0.938. The summed E-state index contributed by atoms with van der Waals surface area (Å²) in [4.78, 5) is 0. The molecule has 0 saturated carbocycles. The van der Waals surface area contributed by atoms with Gasteiger partial charge < -0.3 is 11.1 Å². The number of nitrogens with zero attached hydrogens (tertiary/aromatic N) is 3. The van der Waals surface area contributed by atoms with Crippen molar-refractivity contribution in [2.24, 2.45) is 5.73 Å². The second kappa shape index (κ2) is 5.64. The lowest BCUT2D eigenvalue weighted by atomic mass is 10.1. The summed E-state index contributed by atoms with van der Waals surface area (Å²) in [6.45, 7) is 5.54. The third kappa shape index (κ3) is 2.68. The Balaban J connectivity index is 2.09. The maximum Gasteiger partial charge on any atom is 0.145 e. The van der Waals surface area contributed by atoms with Gasteiger partial charge in [-0.05, 0) is 25.0 Å². The number of nitrogens with one attached hydrogen (secondary N) is 1. The van der Waals surface area contributed by atoms with Crippen molar-refractivity contribution >= 4 is 5.82 Å². The highest BCUT2D eigenvalue weighted by atomic mass is 15.4. The molecule has 5 nitrogen and oxygen atoms in total. The van der Waals surface area contributed by atoms with Crippen LogP contribution < -0.4 is 11.1 Å². The Hall–Kier alpha value is -1.88. The monoisotopic (exact) mass is 245 g/mol. The third-order valence-electron chi connectivity index (χ3n) is 3.00. The van der Waals surface area contributed by atoms with Crippen LogP contribution in [0.5, 0.6) is 0 Å². The van der Waals surface area contributed by atoms with Gasteiger partial charge in [0, 0.05) is 19.1 Å². The van der Waals surface area contributed by atoms with Gasteiger partial charge in [-0.3, -0.25) is 0 Å². The Morgan fingerprint density at radius 3 is 2.67 bits per heavy atom. The molecule has 0 aliphatic carbocycles. The van der Waals surface area contributed by atoms with E-state index in [1.165, 1.54) is 5.56 Å². The zero-order chi connectivity index (χ0) is 13.0. The SMILES string of the molecule is CCn1nncc1NC(C)c1ccc(CN)cc1. The van der Waals surface area contributed by atoms with Crippen LogP contribution in [-0.2, 0) is 13.1 Å². The number of hydrogen-bond donors (Lipinski definition) is 2. The lowest BCUT2D eigenvalue weighted by molar-refractivity contribution is 0.626. The van der Waals surface area contributed by atoms with Gasteiger partial charge in [0.25, 0.3) is 0 Å². The fraction of sp³-hybridized carbons (Fsp3) is 0.385. The van der Waals surface area contributed by atoms with Crippen molar-refractivity contribution < 1.29 is 0 Å². The first kappa shape index (κ1) is 12.6. The van der Waals surface area contributed by atoms with E-state index in [1.807, 2.05) is 11.6 Å². The topological polar surface area (TPSA) is 68.8 Å². The smallest absolute Gasteiger partial charge is 0.145 e. The second-order valence-corrected chi connectivity index (χ2v) is 4.25. The molecule has 5 heteroatoms. The van der Waals surface area contributed by atoms with Crippen molar-refractivity contribution in [1.29, 1.82) is 0 Å². The summed E-state index contributed by atoms with van der Waals surface area (Å²) in [7, 11) is 0. The van der Waals surface area contributed by atoms with Crippen LogP contribution in [-0.4, -0.2) is 15.0 Å². The molecule has 1 aromatic heterocycles. The molecule has 1 unspecified atom stereocenters. The van der Waals surface area contributed by atoms with Crippen molar-refractivity contribution in [2.75, 3.05) is 5.32 Å². The van der Waals surface area contributed by atoms with Gasteiger partial charge in [0.2, 0.25) is 0 Å². The van der Waals surface area contributed by atoms with Crippen molar-refractivity contribution in [3.05, 3.63) is 41.6 Å². The van der Waals surface area contributed by atoms with Crippen LogP contribution in [0.3, 0.4) is 0 Å². The summed E-state index contributed by atoms with van der Waals surface area (Å²) in [6, 6.07) is 8.52. The number of benzene rings is 1. The van der Waals surface area contributed by atoms with E-state index in [1.54, 1.807) is 6.20 Å². The summed E-state index contributed by atoms with van der Waals surface area (Å²) >= 11 is 0. The maximum absolute atomic E-state index is 5.59. The molecule has 96 valence electrons. The minimum Gasteiger partial charge on any atom is -0.362 e. The number of rotatable bonds is 5. The third-order valence-corrected chi connectivity index (χ3v) is 3.00. The molecule has 1 atom stereocenters. The molecule has 0 aliphatic heterocycles. The molecule has 0 spiro atoms. The molecule has 0 fully saturated rings. The van der Waals surface area contributed by atoms with E-state index in [4.69, 9.17) is 5.73 Å². The molecule has 0 aliphatic rings. The predicted molar refractivity (Wildman–Crippen MR) is 72.1 cm³/mol. The lowest BCUT2D eigenvalue weighted by Gasteiger charge is -2.16. The summed E-state index contributed by atoms with van der Waals surface area (Å²) in [5, 5.41) is 11.3. The predicted octanol–water partition coefficient (Wildman–Crippen LogP) is 1.93. The van der Waals surface area contributed by atoms with Crippen molar-refractivity contribution in [1.82, 2.24) is 15.0 Å². The van der Waals surface area contributed by atoms with Crippen molar-refractivity contribution in [3.8, 4) is 0 Å². The van der Waals surface area contributed by atoms with Crippen LogP contribution in [0.25, 0.3) is 0 Å². The van der Waals surface area contributed by atoms with Gasteiger partial charge >= 0.3 is 0 Å². The highest BCUT2D eigenvalue weighted by Gasteiger charge is 2.08. The highest BCUT2D eigenvalue weighted by molar-refractivity contribution is 5.36. The Labute approximate surface area is 107 Å². The zero-order valence-electron chi connectivity index (χ0n) is 10.8. The molecular formula is C13H19N5. The fourth-order valence-corrected chi connectivity index (χ4v) is 1.85. The van der Waals surface area contributed by atoms with Crippen LogP contribution in [0.2, 0.25) is 0 Å². The maximum atomic E-state index is 5.59. The molecular weight excluding hydrogens is 226 g/mol. The van der Waals surface area contributed by atoms with E-state index in [0.717, 1.165) is 17.9 Å². The van der Waals surface area contributed by atoms with E-state index in [0.29, 0.717) is 6.54 Å². The Morgan fingerprint density at radius 1 is 1.33 bits per heavy atom. The summed E-state index contributed by atoms with van der Waals surface area (Å²) < 4.78 is 1.84. The van der Waals surface area contributed by atoms with Crippen LogP contribution in [0.15, 0.2) is 30.5 Å². The van der Waals surface area contributed by atoms with E-state index < -0.39 is 0 Å². The van der Waals surface area contributed by atoms with Gasteiger partial charge in [-0.15, -0.1) is 5.10 Å².